The first-order valence-corrected chi connectivity index (χ1v) is 15.8. The van der Waals surface area contributed by atoms with Crippen LogP contribution in [0.5, 0.6) is 0 Å². The second-order valence-electron chi connectivity index (χ2n) is 10.1. The smallest absolute Gasteiger partial charge is 0.305 e. The summed E-state index contributed by atoms with van der Waals surface area (Å²) >= 11 is 0. The highest BCUT2D eigenvalue weighted by molar-refractivity contribution is 5.69. The molecule has 0 aromatic carbocycles. The average molecular weight is 531 g/mol. The quantitative estimate of drug-likeness (QED) is 0.0647. The lowest BCUT2D eigenvalue weighted by atomic mass is 10.0. The topological polar surface area (TPSA) is 63.2 Å². The third-order valence-corrected chi connectivity index (χ3v) is 6.48. The van der Waals surface area contributed by atoms with Gasteiger partial charge in [0, 0.05) is 13.0 Å². The monoisotopic (exact) mass is 530 g/mol. The SMILES string of the molecule is CCCCCCCCCCCCCCCOCCOCCOCCOCCOC(=O)CCCCCCC. The van der Waals surface area contributed by atoms with Gasteiger partial charge in [0.1, 0.15) is 6.61 Å². The molecule has 37 heavy (non-hydrogen) atoms. The molecule has 0 heterocycles. The van der Waals surface area contributed by atoms with Gasteiger partial charge in [-0.05, 0) is 12.8 Å². The second-order valence-corrected chi connectivity index (χ2v) is 10.1. The second kappa shape index (κ2) is 33.3. The van der Waals surface area contributed by atoms with E-state index in [0.717, 1.165) is 25.9 Å². The fourth-order valence-corrected chi connectivity index (χ4v) is 4.14. The molecule has 6 heteroatoms. The summed E-state index contributed by atoms with van der Waals surface area (Å²) in [5.41, 5.74) is 0. The van der Waals surface area contributed by atoms with Crippen LogP contribution in [-0.2, 0) is 28.5 Å². The highest BCUT2D eigenvalue weighted by Crippen LogP contribution is 2.12. The first-order valence-electron chi connectivity index (χ1n) is 15.8. The van der Waals surface area contributed by atoms with E-state index in [1.165, 1.54) is 96.3 Å². The van der Waals surface area contributed by atoms with Crippen LogP contribution in [0.2, 0.25) is 0 Å². The van der Waals surface area contributed by atoms with E-state index in [1.807, 2.05) is 0 Å². The van der Waals surface area contributed by atoms with Crippen molar-refractivity contribution in [3.63, 3.8) is 0 Å². The van der Waals surface area contributed by atoms with Crippen molar-refractivity contribution in [1.29, 1.82) is 0 Å². The number of hydrogen-bond donors (Lipinski definition) is 0. The van der Waals surface area contributed by atoms with E-state index < -0.39 is 0 Å². The van der Waals surface area contributed by atoms with Crippen molar-refractivity contribution < 1.29 is 28.5 Å². The summed E-state index contributed by atoms with van der Waals surface area (Å²) in [6, 6.07) is 0. The van der Waals surface area contributed by atoms with Gasteiger partial charge in [0.15, 0.2) is 0 Å². The Morgan fingerprint density at radius 3 is 1.14 bits per heavy atom. The Kier molecular flexibility index (Phi) is 32.7. The molecule has 0 saturated heterocycles. The summed E-state index contributed by atoms with van der Waals surface area (Å²) in [5.74, 6) is -0.123. The number of carbonyl (C=O) groups excluding carboxylic acids is 1. The van der Waals surface area contributed by atoms with Gasteiger partial charge in [0.05, 0.1) is 46.2 Å². The Balaban J connectivity index is 3.08. The van der Waals surface area contributed by atoms with Gasteiger partial charge in [-0.25, -0.2) is 0 Å². The van der Waals surface area contributed by atoms with Crippen LogP contribution in [0.15, 0.2) is 0 Å². The lowest BCUT2D eigenvalue weighted by Crippen LogP contribution is -2.14. The van der Waals surface area contributed by atoms with Crippen molar-refractivity contribution in [2.75, 3.05) is 59.5 Å². The summed E-state index contributed by atoms with van der Waals surface area (Å²) in [7, 11) is 0. The summed E-state index contributed by atoms with van der Waals surface area (Å²) in [4.78, 5) is 11.6. The number of hydrogen-bond acceptors (Lipinski definition) is 6. The maximum atomic E-state index is 11.6. The van der Waals surface area contributed by atoms with E-state index in [4.69, 9.17) is 23.7 Å². The Labute approximate surface area is 229 Å². The largest absolute Gasteiger partial charge is 0.463 e. The molecular formula is C31H62O6. The van der Waals surface area contributed by atoms with E-state index in [2.05, 4.69) is 13.8 Å². The molecular weight excluding hydrogens is 468 g/mol. The summed E-state index contributed by atoms with van der Waals surface area (Å²) in [5, 5.41) is 0. The van der Waals surface area contributed by atoms with Gasteiger partial charge in [-0.1, -0.05) is 117 Å². The van der Waals surface area contributed by atoms with Gasteiger partial charge >= 0.3 is 5.97 Å². The predicted octanol–water partition coefficient (Wildman–Crippen LogP) is 8.05. The van der Waals surface area contributed by atoms with Gasteiger partial charge in [-0.2, -0.15) is 0 Å². The highest BCUT2D eigenvalue weighted by atomic mass is 16.6. The van der Waals surface area contributed by atoms with Gasteiger partial charge in [0.25, 0.3) is 0 Å². The first kappa shape index (κ1) is 36.3. The van der Waals surface area contributed by atoms with Gasteiger partial charge in [-0.15, -0.1) is 0 Å². The van der Waals surface area contributed by atoms with Crippen LogP contribution in [-0.4, -0.2) is 65.4 Å². The van der Waals surface area contributed by atoms with Crippen molar-refractivity contribution in [2.24, 2.45) is 0 Å². The molecule has 222 valence electrons. The molecule has 0 aromatic heterocycles. The van der Waals surface area contributed by atoms with Crippen LogP contribution in [0.4, 0.5) is 0 Å². The molecule has 0 saturated carbocycles. The molecule has 0 aliphatic rings. The minimum absolute atomic E-state index is 0.123. The molecule has 6 nitrogen and oxygen atoms in total. The molecule has 0 amide bonds. The predicted molar refractivity (Wildman–Crippen MR) is 153 cm³/mol. The molecule has 0 aliphatic carbocycles. The third kappa shape index (κ3) is 33.3. The third-order valence-electron chi connectivity index (χ3n) is 6.48. The Morgan fingerprint density at radius 1 is 0.378 bits per heavy atom. The van der Waals surface area contributed by atoms with E-state index >= 15 is 0 Å². The maximum absolute atomic E-state index is 11.6. The average Bonchev–Trinajstić information content (AvgIpc) is 2.90. The molecule has 0 bridgehead atoms. The maximum Gasteiger partial charge on any atom is 0.305 e. The van der Waals surface area contributed by atoms with E-state index in [1.54, 1.807) is 0 Å². The minimum Gasteiger partial charge on any atom is -0.463 e. The van der Waals surface area contributed by atoms with Crippen LogP contribution < -0.4 is 0 Å². The van der Waals surface area contributed by atoms with Crippen LogP contribution in [0.3, 0.4) is 0 Å². The van der Waals surface area contributed by atoms with Crippen molar-refractivity contribution in [2.45, 2.75) is 136 Å². The summed E-state index contributed by atoms with van der Waals surface area (Å²) in [6.45, 7) is 9.43. The lowest BCUT2D eigenvalue weighted by molar-refractivity contribution is -0.145. The molecule has 0 N–H and O–H groups in total. The standard InChI is InChI=1S/C31H62O6/c1-3-5-7-9-10-11-12-13-14-15-16-18-20-22-33-23-24-34-25-26-35-27-28-36-29-30-37-31(32)21-19-17-8-6-4-2/h3-30H2,1-2H3. The molecule has 0 fully saturated rings. The van der Waals surface area contributed by atoms with Gasteiger partial charge in [-0.3, -0.25) is 4.79 Å². The van der Waals surface area contributed by atoms with Crippen molar-refractivity contribution in [3.05, 3.63) is 0 Å². The van der Waals surface area contributed by atoms with Crippen LogP contribution >= 0.6 is 0 Å². The Morgan fingerprint density at radius 2 is 0.703 bits per heavy atom. The first-order chi connectivity index (χ1) is 18.3. The number of carbonyl (C=O) groups is 1. The van der Waals surface area contributed by atoms with Crippen molar-refractivity contribution >= 4 is 5.97 Å². The molecule has 0 spiro atoms. The Hall–Kier alpha value is -0.690. The summed E-state index contributed by atoms with van der Waals surface area (Å²) in [6.07, 6.45) is 24.0. The van der Waals surface area contributed by atoms with Crippen LogP contribution in [0.25, 0.3) is 0 Å². The van der Waals surface area contributed by atoms with Gasteiger partial charge < -0.3 is 23.7 Å². The van der Waals surface area contributed by atoms with Gasteiger partial charge in [0.2, 0.25) is 0 Å². The summed E-state index contributed by atoms with van der Waals surface area (Å²) < 4.78 is 27.2. The van der Waals surface area contributed by atoms with E-state index in [0.29, 0.717) is 59.3 Å². The van der Waals surface area contributed by atoms with Crippen molar-refractivity contribution in [3.8, 4) is 0 Å². The highest BCUT2D eigenvalue weighted by Gasteiger charge is 2.02. The fourth-order valence-electron chi connectivity index (χ4n) is 4.14. The van der Waals surface area contributed by atoms with Crippen molar-refractivity contribution in [1.82, 2.24) is 0 Å². The molecule has 0 radical (unpaired) electrons. The van der Waals surface area contributed by atoms with E-state index in [9.17, 15) is 4.79 Å². The Bertz CT molecular complexity index is 432. The molecule has 0 atom stereocenters. The molecule has 0 aliphatic heterocycles. The van der Waals surface area contributed by atoms with Crippen LogP contribution in [0.1, 0.15) is 136 Å². The number of rotatable bonds is 32. The van der Waals surface area contributed by atoms with Crippen LogP contribution in [0, 0.1) is 0 Å². The molecule has 0 unspecified atom stereocenters. The zero-order chi connectivity index (χ0) is 26.9. The number of esters is 1. The molecule has 0 rings (SSSR count). The zero-order valence-corrected chi connectivity index (χ0v) is 24.7. The lowest BCUT2D eigenvalue weighted by Gasteiger charge is -2.08. The zero-order valence-electron chi connectivity index (χ0n) is 24.7. The number of ether oxygens (including phenoxy) is 5. The number of unbranched alkanes of at least 4 members (excludes halogenated alkanes) is 16. The molecule has 0 aromatic rings. The normalized spacial score (nSPS) is 11.3. The fraction of sp³-hybridized carbons (Fsp3) is 0.968. The van der Waals surface area contributed by atoms with E-state index in [-0.39, 0.29) is 5.97 Å². The minimum atomic E-state index is -0.123.